The Morgan fingerprint density at radius 3 is 2.70 bits per heavy atom. The summed E-state index contributed by atoms with van der Waals surface area (Å²) in [7, 11) is 0. The van der Waals surface area contributed by atoms with Gasteiger partial charge in [0.1, 0.15) is 18.1 Å². The molecule has 0 saturated carbocycles. The minimum Gasteiger partial charge on any atom is -0.443 e. The van der Waals surface area contributed by atoms with Crippen molar-refractivity contribution in [3.63, 3.8) is 0 Å². The fourth-order valence-corrected chi connectivity index (χ4v) is 4.07. The maximum absolute atomic E-state index is 13.6. The smallest absolute Gasteiger partial charge is 0.248 e. The van der Waals surface area contributed by atoms with Gasteiger partial charge in [-0.05, 0) is 44.2 Å². The Morgan fingerprint density at radius 1 is 1.16 bits per heavy atom. The first-order valence-corrected chi connectivity index (χ1v) is 11.9. The van der Waals surface area contributed by atoms with E-state index in [0.29, 0.717) is 56.8 Å². The molecule has 0 unspecified atom stereocenters. The van der Waals surface area contributed by atoms with Crippen molar-refractivity contribution in [1.82, 2.24) is 25.0 Å². The summed E-state index contributed by atoms with van der Waals surface area (Å²) < 4.78 is 20.9. The highest BCUT2D eigenvalue weighted by molar-refractivity contribution is 6.36. The lowest BCUT2D eigenvalue weighted by Gasteiger charge is -2.14. The number of halogens is 3. The summed E-state index contributed by atoms with van der Waals surface area (Å²) in [6, 6.07) is 10.1. The van der Waals surface area contributed by atoms with E-state index in [1.807, 2.05) is 19.9 Å². The van der Waals surface area contributed by atoms with Crippen molar-refractivity contribution in [3.8, 4) is 17.7 Å². The van der Waals surface area contributed by atoms with E-state index in [9.17, 15) is 9.65 Å². The molecule has 0 radical (unpaired) electrons. The highest BCUT2D eigenvalue weighted by Gasteiger charge is 2.15. The van der Waals surface area contributed by atoms with Crippen LogP contribution in [-0.4, -0.2) is 25.0 Å². The molecule has 9 nitrogen and oxygen atoms in total. The molecule has 0 bridgehead atoms. The topological polar surface area (TPSA) is 117 Å². The van der Waals surface area contributed by atoms with Crippen molar-refractivity contribution >= 4 is 51.2 Å². The Bertz CT molecular complexity index is 1660. The van der Waals surface area contributed by atoms with E-state index in [-0.39, 0.29) is 16.6 Å². The highest BCUT2D eigenvalue weighted by atomic mass is 35.5. The Labute approximate surface area is 220 Å². The molecule has 0 amide bonds. The van der Waals surface area contributed by atoms with E-state index < -0.39 is 5.82 Å². The van der Waals surface area contributed by atoms with Crippen molar-refractivity contribution in [2.45, 2.75) is 26.4 Å². The molecule has 3 aromatic heterocycles. The summed E-state index contributed by atoms with van der Waals surface area (Å²) in [4.78, 5) is 8.83. The lowest BCUT2D eigenvalue weighted by atomic mass is 10.1. The van der Waals surface area contributed by atoms with Crippen LogP contribution in [0.25, 0.3) is 22.5 Å². The van der Waals surface area contributed by atoms with E-state index in [4.69, 9.17) is 27.6 Å². The third-order valence-corrected chi connectivity index (χ3v) is 6.10. The van der Waals surface area contributed by atoms with E-state index in [2.05, 4.69) is 37.0 Å². The van der Waals surface area contributed by atoms with Gasteiger partial charge in [0.25, 0.3) is 0 Å². The largest absolute Gasteiger partial charge is 0.443 e. The number of pyridine rings is 1. The van der Waals surface area contributed by atoms with Crippen LogP contribution in [0.5, 0.6) is 0 Å². The van der Waals surface area contributed by atoms with Crippen molar-refractivity contribution in [1.29, 1.82) is 5.26 Å². The number of aromatic nitrogens is 5. The van der Waals surface area contributed by atoms with Gasteiger partial charge in [0.2, 0.25) is 5.89 Å². The molecule has 5 rings (SSSR count). The summed E-state index contributed by atoms with van der Waals surface area (Å²) in [5.74, 6) is -0.171. The molecule has 0 spiro atoms. The van der Waals surface area contributed by atoms with E-state index in [1.165, 1.54) is 24.4 Å². The Hall–Kier alpha value is -4.20. The zero-order chi connectivity index (χ0) is 26.1. The average molecular weight is 537 g/mol. The number of oxazole rings is 1. The molecule has 2 N–H and O–H groups in total. The molecule has 186 valence electrons. The van der Waals surface area contributed by atoms with Crippen LogP contribution in [0.3, 0.4) is 0 Å². The second kappa shape index (κ2) is 10.0. The number of fused-ring (bicyclic) bond motifs is 1. The molecule has 0 aliphatic carbocycles. The van der Waals surface area contributed by atoms with Crippen LogP contribution in [0.1, 0.15) is 31.1 Å². The summed E-state index contributed by atoms with van der Waals surface area (Å²) in [6.45, 7) is 4.34. The van der Waals surface area contributed by atoms with E-state index >= 15 is 0 Å². The number of nitriles is 1. The van der Waals surface area contributed by atoms with Gasteiger partial charge in [0.15, 0.2) is 5.69 Å². The molecule has 3 heterocycles. The standard InChI is InChI=1S/C25H19Cl2FN8O/c1-13(2)36-11-22(34-35-36)25-33-17(12-37-25)10-30-16-5-18-23(32-15-3-4-21(28)19(26)6-15)14(8-29)9-31-24(18)20(27)7-16/h3-7,9,11-13,30H,10H2,1-2H3,(H,31,32). The molecule has 0 fully saturated rings. The molecular weight excluding hydrogens is 518 g/mol. The molecular formula is C25H19Cl2FN8O. The maximum Gasteiger partial charge on any atom is 0.248 e. The molecule has 37 heavy (non-hydrogen) atoms. The lowest BCUT2D eigenvalue weighted by molar-refractivity contribution is 0.514. The van der Waals surface area contributed by atoms with Gasteiger partial charge < -0.3 is 15.1 Å². The molecule has 0 atom stereocenters. The second-order valence-corrected chi connectivity index (χ2v) is 9.26. The highest BCUT2D eigenvalue weighted by Crippen LogP contribution is 2.35. The van der Waals surface area contributed by atoms with Gasteiger partial charge in [0.05, 0.1) is 45.2 Å². The number of rotatable bonds is 7. The third-order valence-electron chi connectivity index (χ3n) is 5.52. The average Bonchev–Trinajstić information content (AvgIpc) is 3.55. The molecule has 5 aromatic rings. The minimum atomic E-state index is -0.539. The normalized spacial score (nSPS) is 11.2. The van der Waals surface area contributed by atoms with Gasteiger partial charge in [-0.2, -0.15) is 5.26 Å². The van der Waals surface area contributed by atoms with Gasteiger partial charge in [-0.25, -0.2) is 14.1 Å². The molecule has 0 saturated heterocycles. The number of nitrogens with zero attached hydrogens (tertiary/aromatic N) is 6. The van der Waals surface area contributed by atoms with Gasteiger partial charge in [0, 0.05) is 29.0 Å². The van der Waals surface area contributed by atoms with Gasteiger partial charge in [-0.3, -0.25) is 4.98 Å². The van der Waals surface area contributed by atoms with Crippen LogP contribution in [0.2, 0.25) is 10.0 Å². The van der Waals surface area contributed by atoms with Crippen LogP contribution in [0.4, 0.5) is 21.5 Å². The van der Waals surface area contributed by atoms with Crippen LogP contribution in [-0.2, 0) is 6.54 Å². The predicted octanol–water partition coefficient (Wildman–Crippen LogP) is 6.74. The van der Waals surface area contributed by atoms with Crippen LogP contribution in [0.15, 0.2) is 53.4 Å². The third kappa shape index (κ3) is 5.05. The van der Waals surface area contributed by atoms with Crippen molar-refractivity contribution in [2.75, 3.05) is 10.6 Å². The zero-order valence-electron chi connectivity index (χ0n) is 19.6. The number of nitrogens with one attached hydrogen (secondary N) is 2. The molecule has 12 heteroatoms. The Balaban J connectivity index is 1.43. The number of hydrogen-bond acceptors (Lipinski definition) is 8. The maximum atomic E-state index is 13.6. The van der Waals surface area contributed by atoms with Gasteiger partial charge in [-0.1, -0.05) is 28.4 Å². The first kappa shape index (κ1) is 24.5. The van der Waals surface area contributed by atoms with Crippen molar-refractivity contribution in [2.24, 2.45) is 0 Å². The number of hydrogen-bond donors (Lipinski definition) is 2. The van der Waals surface area contributed by atoms with Gasteiger partial charge in [-0.15, -0.1) is 5.10 Å². The number of benzene rings is 2. The van der Waals surface area contributed by atoms with Crippen molar-refractivity contribution in [3.05, 3.63) is 76.1 Å². The van der Waals surface area contributed by atoms with E-state index in [0.717, 1.165) is 0 Å². The van der Waals surface area contributed by atoms with E-state index in [1.54, 1.807) is 23.2 Å². The van der Waals surface area contributed by atoms with Crippen LogP contribution in [0, 0.1) is 17.1 Å². The van der Waals surface area contributed by atoms with Gasteiger partial charge >= 0.3 is 0 Å². The Kier molecular flexibility index (Phi) is 6.65. The second-order valence-electron chi connectivity index (χ2n) is 8.44. The summed E-state index contributed by atoms with van der Waals surface area (Å²) in [5, 5.41) is 25.2. The minimum absolute atomic E-state index is 0.0407. The molecule has 0 aliphatic rings. The fraction of sp³-hybridized carbons (Fsp3) is 0.160. The summed E-state index contributed by atoms with van der Waals surface area (Å²) in [6.07, 6.45) is 4.75. The fourth-order valence-electron chi connectivity index (χ4n) is 3.62. The first-order valence-electron chi connectivity index (χ1n) is 11.2. The summed E-state index contributed by atoms with van der Waals surface area (Å²) in [5.41, 5.74) is 3.63. The Morgan fingerprint density at radius 2 is 1.97 bits per heavy atom. The van der Waals surface area contributed by atoms with Crippen LogP contribution < -0.4 is 10.6 Å². The first-order chi connectivity index (χ1) is 17.8. The SMILES string of the molecule is CC(C)n1cc(-c2nc(CNc3cc(Cl)c4ncc(C#N)c(Nc5ccc(F)c(Cl)c5)c4c3)co2)nn1. The molecule has 0 aliphatic heterocycles. The summed E-state index contributed by atoms with van der Waals surface area (Å²) >= 11 is 12.5. The predicted molar refractivity (Wildman–Crippen MR) is 139 cm³/mol. The molecule has 2 aromatic carbocycles. The monoisotopic (exact) mass is 536 g/mol. The van der Waals surface area contributed by atoms with Crippen molar-refractivity contribution < 1.29 is 8.81 Å². The quantitative estimate of drug-likeness (QED) is 0.235. The van der Waals surface area contributed by atoms with Crippen LogP contribution >= 0.6 is 23.2 Å². The number of anilines is 3. The zero-order valence-corrected chi connectivity index (χ0v) is 21.1. The lowest BCUT2D eigenvalue weighted by Crippen LogP contribution is -2.02.